The molecule has 0 aromatic heterocycles. The van der Waals surface area contributed by atoms with Gasteiger partial charge in [0.1, 0.15) is 5.82 Å². The molecular weight excluding hydrogens is 328 g/mol. The lowest BCUT2D eigenvalue weighted by molar-refractivity contribution is 0.615. The second kappa shape index (κ2) is 6.57. The maximum atomic E-state index is 13.7. The summed E-state index contributed by atoms with van der Waals surface area (Å²) >= 11 is 13.4. The SMILES string of the molecule is Fc1cc(CNC2CC2)cc(Sc2ccc(Cl)c(Cl)c2)c1. The molecule has 0 atom stereocenters. The van der Waals surface area contributed by atoms with Gasteiger partial charge in [-0.25, -0.2) is 4.39 Å². The molecule has 5 heteroatoms. The summed E-state index contributed by atoms with van der Waals surface area (Å²) in [6, 6.07) is 11.2. The van der Waals surface area contributed by atoms with Crippen molar-refractivity contribution in [2.45, 2.75) is 35.2 Å². The summed E-state index contributed by atoms with van der Waals surface area (Å²) in [6.07, 6.45) is 2.44. The summed E-state index contributed by atoms with van der Waals surface area (Å²) in [4.78, 5) is 1.80. The summed E-state index contributed by atoms with van der Waals surface area (Å²) in [5, 5.41) is 4.42. The molecule has 0 spiro atoms. The highest BCUT2D eigenvalue weighted by molar-refractivity contribution is 7.99. The number of nitrogens with one attached hydrogen (secondary N) is 1. The topological polar surface area (TPSA) is 12.0 Å². The molecule has 0 saturated heterocycles. The van der Waals surface area contributed by atoms with Gasteiger partial charge in [0.15, 0.2) is 0 Å². The van der Waals surface area contributed by atoms with Crippen molar-refractivity contribution in [2.75, 3.05) is 0 Å². The lowest BCUT2D eigenvalue weighted by Gasteiger charge is -2.08. The van der Waals surface area contributed by atoms with Crippen molar-refractivity contribution >= 4 is 35.0 Å². The van der Waals surface area contributed by atoms with E-state index >= 15 is 0 Å². The maximum Gasteiger partial charge on any atom is 0.124 e. The molecule has 2 aromatic rings. The predicted molar refractivity (Wildman–Crippen MR) is 86.8 cm³/mol. The quantitative estimate of drug-likeness (QED) is 0.766. The fraction of sp³-hybridized carbons (Fsp3) is 0.250. The predicted octanol–water partition coefficient (Wildman–Crippen LogP) is 5.54. The minimum Gasteiger partial charge on any atom is -0.310 e. The number of benzene rings is 2. The van der Waals surface area contributed by atoms with Crippen LogP contribution in [0.25, 0.3) is 0 Å². The Morgan fingerprint density at radius 1 is 1.05 bits per heavy atom. The van der Waals surface area contributed by atoms with E-state index in [2.05, 4.69) is 5.32 Å². The molecule has 0 unspecified atom stereocenters. The lowest BCUT2D eigenvalue weighted by Crippen LogP contribution is -2.15. The van der Waals surface area contributed by atoms with Crippen LogP contribution in [-0.4, -0.2) is 6.04 Å². The van der Waals surface area contributed by atoms with Crippen molar-refractivity contribution in [2.24, 2.45) is 0 Å². The van der Waals surface area contributed by atoms with Crippen LogP contribution in [0.3, 0.4) is 0 Å². The van der Waals surface area contributed by atoms with Gasteiger partial charge in [-0.15, -0.1) is 0 Å². The molecule has 0 aliphatic heterocycles. The van der Waals surface area contributed by atoms with Crippen molar-refractivity contribution in [1.82, 2.24) is 5.32 Å². The van der Waals surface area contributed by atoms with Gasteiger partial charge in [-0.05, 0) is 54.8 Å². The molecule has 0 bridgehead atoms. The third-order valence-corrected chi connectivity index (χ3v) is 4.93. The normalized spacial score (nSPS) is 14.4. The highest BCUT2D eigenvalue weighted by atomic mass is 35.5. The third kappa shape index (κ3) is 4.36. The minimum absolute atomic E-state index is 0.215. The Morgan fingerprint density at radius 2 is 1.86 bits per heavy atom. The van der Waals surface area contributed by atoms with Crippen LogP contribution >= 0.6 is 35.0 Å². The molecule has 3 rings (SSSR count). The molecule has 1 nitrogen and oxygen atoms in total. The van der Waals surface area contributed by atoms with Crippen molar-refractivity contribution < 1.29 is 4.39 Å². The number of hydrogen-bond acceptors (Lipinski definition) is 2. The highest BCUT2D eigenvalue weighted by Crippen LogP contribution is 2.33. The highest BCUT2D eigenvalue weighted by Gasteiger charge is 2.20. The fourth-order valence-corrected chi connectivity index (χ4v) is 3.34. The third-order valence-electron chi connectivity index (χ3n) is 3.23. The van der Waals surface area contributed by atoms with Crippen LogP contribution in [-0.2, 0) is 6.54 Å². The number of hydrogen-bond donors (Lipinski definition) is 1. The van der Waals surface area contributed by atoms with Crippen LogP contribution < -0.4 is 5.32 Å². The molecule has 2 aromatic carbocycles. The van der Waals surface area contributed by atoms with E-state index in [1.54, 1.807) is 18.2 Å². The Morgan fingerprint density at radius 3 is 2.57 bits per heavy atom. The summed E-state index contributed by atoms with van der Waals surface area (Å²) in [7, 11) is 0. The van der Waals surface area contributed by atoms with Crippen LogP contribution in [0.15, 0.2) is 46.2 Å². The Hall–Kier alpha value is -0.740. The van der Waals surface area contributed by atoms with Gasteiger partial charge in [-0.1, -0.05) is 35.0 Å². The molecular formula is C16H14Cl2FNS. The largest absolute Gasteiger partial charge is 0.310 e. The molecule has 0 radical (unpaired) electrons. The Balaban J connectivity index is 1.75. The van der Waals surface area contributed by atoms with Crippen LogP contribution in [0.1, 0.15) is 18.4 Å². The zero-order valence-corrected chi connectivity index (χ0v) is 13.5. The minimum atomic E-state index is -0.215. The smallest absolute Gasteiger partial charge is 0.124 e. The first-order valence-electron chi connectivity index (χ1n) is 6.76. The van der Waals surface area contributed by atoms with E-state index in [0.717, 1.165) is 15.4 Å². The summed E-state index contributed by atoms with van der Waals surface area (Å²) < 4.78 is 13.7. The molecule has 0 amide bonds. The van der Waals surface area contributed by atoms with E-state index in [4.69, 9.17) is 23.2 Å². The van der Waals surface area contributed by atoms with E-state index in [-0.39, 0.29) is 5.82 Å². The van der Waals surface area contributed by atoms with Crippen molar-refractivity contribution in [3.8, 4) is 0 Å². The molecule has 1 aliphatic carbocycles. The van der Waals surface area contributed by atoms with Crippen LogP contribution in [0.4, 0.5) is 4.39 Å². The molecule has 1 fully saturated rings. The Bertz CT molecular complexity index is 659. The van der Waals surface area contributed by atoms with Gasteiger partial charge in [0, 0.05) is 22.4 Å². The zero-order chi connectivity index (χ0) is 14.8. The molecule has 21 heavy (non-hydrogen) atoms. The van der Waals surface area contributed by atoms with E-state index < -0.39 is 0 Å². The van der Waals surface area contributed by atoms with Crippen LogP contribution in [0, 0.1) is 5.82 Å². The van der Waals surface area contributed by atoms with Gasteiger partial charge >= 0.3 is 0 Å². The first-order chi connectivity index (χ1) is 10.1. The second-order valence-electron chi connectivity index (χ2n) is 5.13. The van der Waals surface area contributed by atoms with Gasteiger partial charge < -0.3 is 5.32 Å². The van der Waals surface area contributed by atoms with E-state index in [0.29, 0.717) is 22.6 Å². The number of rotatable bonds is 5. The van der Waals surface area contributed by atoms with Crippen molar-refractivity contribution in [3.63, 3.8) is 0 Å². The monoisotopic (exact) mass is 341 g/mol. The van der Waals surface area contributed by atoms with Gasteiger partial charge in [0.25, 0.3) is 0 Å². The van der Waals surface area contributed by atoms with Crippen LogP contribution in [0.2, 0.25) is 10.0 Å². The summed E-state index contributed by atoms with van der Waals surface area (Å²) in [5.41, 5.74) is 0.962. The fourth-order valence-electron chi connectivity index (χ4n) is 2.01. The Kier molecular flexibility index (Phi) is 4.75. The molecule has 110 valence electrons. The molecule has 1 aliphatic rings. The second-order valence-corrected chi connectivity index (χ2v) is 7.09. The molecule has 1 N–H and O–H groups in total. The molecule has 0 heterocycles. The van der Waals surface area contributed by atoms with Crippen molar-refractivity contribution in [1.29, 1.82) is 0 Å². The lowest BCUT2D eigenvalue weighted by atomic mass is 10.2. The Labute approximate surface area is 137 Å². The average Bonchev–Trinajstić information content (AvgIpc) is 3.24. The van der Waals surface area contributed by atoms with Crippen LogP contribution in [0.5, 0.6) is 0 Å². The van der Waals surface area contributed by atoms with Crippen molar-refractivity contribution in [3.05, 3.63) is 57.8 Å². The average molecular weight is 342 g/mol. The van der Waals surface area contributed by atoms with Gasteiger partial charge in [0.2, 0.25) is 0 Å². The van der Waals surface area contributed by atoms with E-state index in [1.807, 2.05) is 12.1 Å². The van der Waals surface area contributed by atoms with E-state index in [9.17, 15) is 4.39 Å². The summed E-state index contributed by atoms with van der Waals surface area (Å²) in [6.45, 7) is 0.706. The summed E-state index contributed by atoms with van der Waals surface area (Å²) in [5.74, 6) is -0.215. The molecule has 1 saturated carbocycles. The van der Waals surface area contributed by atoms with Gasteiger partial charge in [-0.2, -0.15) is 0 Å². The maximum absolute atomic E-state index is 13.7. The first-order valence-corrected chi connectivity index (χ1v) is 8.33. The van der Waals surface area contributed by atoms with Gasteiger partial charge in [-0.3, -0.25) is 0 Å². The number of halogens is 3. The van der Waals surface area contributed by atoms with E-state index in [1.165, 1.54) is 30.7 Å². The standard InChI is InChI=1S/C16H14Cl2FNS/c17-15-4-3-13(8-16(15)18)21-14-6-10(5-11(19)7-14)9-20-12-1-2-12/h3-8,12,20H,1-2,9H2. The first kappa shape index (κ1) is 15.2. The van der Waals surface area contributed by atoms with Gasteiger partial charge in [0.05, 0.1) is 10.0 Å². The zero-order valence-electron chi connectivity index (χ0n) is 11.2.